The van der Waals surface area contributed by atoms with Crippen molar-refractivity contribution in [2.24, 2.45) is 0 Å². The lowest BCUT2D eigenvalue weighted by atomic mass is 10.1. The molecule has 1 heterocycles. The van der Waals surface area contributed by atoms with E-state index in [0.717, 1.165) is 6.07 Å². The topological polar surface area (TPSA) is 73.6 Å². The summed E-state index contributed by atoms with van der Waals surface area (Å²) in [5.74, 6) is -0.273. The predicted molar refractivity (Wildman–Crippen MR) is 78.2 cm³/mol. The first kappa shape index (κ1) is 16.1. The van der Waals surface area contributed by atoms with Gasteiger partial charge in [-0.15, -0.1) is 0 Å². The van der Waals surface area contributed by atoms with Crippen LogP contribution in [-0.4, -0.2) is 12.3 Å². The zero-order chi connectivity index (χ0) is 15.3. The average molecular weight is 341 g/mol. The van der Waals surface area contributed by atoms with E-state index in [4.69, 9.17) is 9.15 Å². The third-order valence-electron chi connectivity index (χ3n) is 2.21. The van der Waals surface area contributed by atoms with Gasteiger partial charge in [-0.05, 0) is 22.0 Å². The Kier molecular flexibility index (Phi) is 5.64. The molecule has 20 heavy (non-hydrogen) atoms. The van der Waals surface area contributed by atoms with Crippen molar-refractivity contribution < 1.29 is 18.7 Å². The molecule has 5 nitrogen and oxygen atoms in total. The van der Waals surface area contributed by atoms with Gasteiger partial charge in [0.05, 0.1) is 4.47 Å². The van der Waals surface area contributed by atoms with Crippen molar-refractivity contribution in [2.75, 3.05) is 0 Å². The third kappa shape index (κ3) is 3.54. The van der Waals surface area contributed by atoms with Crippen molar-refractivity contribution in [3.63, 3.8) is 0 Å². The number of hydrogen-bond acceptors (Lipinski definition) is 5. The Morgan fingerprint density at radius 3 is 2.50 bits per heavy atom. The maximum atomic E-state index is 11.2. The molecule has 0 fully saturated rings. The maximum absolute atomic E-state index is 11.2. The van der Waals surface area contributed by atoms with Gasteiger partial charge in [-0.1, -0.05) is 13.8 Å². The summed E-state index contributed by atoms with van der Waals surface area (Å²) >= 11 is 3.21. The van der Waals surface area contributed by atoms with Gasteiger partial charge < -0.3 is 9.15 Å². The molecule has 0 saturated carbocycles. The minimum atomic E-state index is -0.638. The highest BCUT2D eigenvalue weighted by Crippen LogP contribution is 2.31. The highest BCUT2D eigenvalue weighted by atomic mass is 79.9. The summed E-state index contributed by atoms with van der Waals surface area (Å²) in [4.78, 5) is 33.0. The molecule has 0 atom stereocenters. The second-order valence-electron chi connectivity index (χ2n) is 3.51. The van der Waals surface area contributed by atoms with E-state index in [9.17, 15) is 14.4 Å². The Morgan fingerprint density at radius 2 is 1.95 bits per heavy atom. The SMILES string of the molecule is CC.CC(=O)Oc1cc2oc(=O)cc(C=O)c2cc1Br. The van der Waals surface area contributed by atoms with Gasteiger partial charge in [-0.3, -0.25) is 9.59 Å². The number of ether oxygens (including phenoxy) is 1. The van der Waals surface area contributed by atoms with Crippen molar-refractivity contribution in [3.05, 3.63) is 38.7 Å². The number of rotatable bonds is 2. The zero-order valence-corrected chi connectivity index (χ0v) is 12.8. The normalized spacial score (nSPS) is 9.60. The van der Waals surface area contributed by atoms with Crippen LogP contribution in [0, 0.1) is 0 Å². The molecule has 0 spiro atoms. The van der Waals surface area contributed by atoms with E-state index in [-0.39, 0.29) is 16.9 Å². The molecule has 0 aliphatic carbocycles. The van der Waals surface area contributed by atoms with Crippen LogP contribution in [0.1, 0.15) is 31.1 Å². The number of hydrogen-bond donors (Lipinski definition) is 0. The summed E-state index contributed by atoms with van der Waals surface area (Å²) in [7, 11) is 0. The minimum absolute atomic E-state index is 0.184. The predicted octanol–water partition coefficient (Wildman–Crippen LogP) is 3.32. The molecule has 2 rings (SSSR count). The number of aldehydes is 1. The smallest absolute Gasteiger partial charge is 0.336 e. The summed E-state index contributed by atoms with van der Waals surface area (Å²) in [5.41, 5.74) is -0.235. The summed E-state index contributed by atoms with van der Waals surface area (Å²) in [6, 6.07) is 4.04. The van der Waals surface area contributed by atoms with E-state index >= 15 is 0 Å². The number of benzene rings is 1. The fourth-order valence-corrected chi connectivity index (χ4v) is 1.94. The molecule has 106 valence electrons. The largest absolute Gasteiger partial charge is 0.425 e. The zero-order valence-electron chi connectivity index (χ0n) is 11.2. The minimum Gasteiger partial charge on any atom is -0.425 e. The van der Waals surface area contributed by atoms with E-state index in [1.54, 1.807) is 6.07 Å². The molecule has 0 aliphatic rings. The van der Waals surface area contributed by atoms with Crippen LogP contribution in [0.2, 0.25) is 0 Å². The Bertz CT molecular complexity index is 703. The number of carbonyl (C=O) groups excluding carboxylic acids is 2. The van der Waals surface area contributed by atoms with E-state index in [1.165, 1.54) is 13.0 Å². The Morgan fingerprint density at radius 1 is 1.30 bits per heavy atom. The molecular formula is C14H13BrO5. The van der Waals surface area contributed by atoms with Gasteiger partial charge in [0.25, 0.3) is 0 Å². The lowest BCUT2D eigenvalue weighted by molar-refractivity contribution is -0.131. The maximum Gasteiger partial charge on any atom is 0.336 e. The second kappa shape index (κ2) is 7.00. The van der Waals surface area contributed by atoms with Crippen LogP contribution in [0.5, 0.6) is 5.75 Å². The highest BCUT2D eigenvalue weighted by molar-refractivity contribution is 9.10. The fraction of sp³-hybridized carbons (Fsp3) is 0.214. The van der Waals surface area contributed by atoms with Gasteiger partial charge in [0, 0.05) is 30.0 Å². The molecule has 1 aromatic carbocycles. The molecule has 0 aliphatic heterocycles. The summed E-state index contributed by atoms with van der Waals surface area (Å²) in [6.45, 7) is 5.26. The van der Waals surface area contributed by atoms with Crippen LogP contribution >= 0.6 is 15.9 Å². The van der Waals surface area contributed by atoms with Crippen molar-refractivity contribution in [3.8, 4) is 5.75 Å². The lowest BCUT2D eigenvalue weighted by Crippen LogP contribution is -2.04. The highest BCUT2D eigenvalue weighted by Gasteiger charge is 2.11. The van der Waals surface area contributed by atoms with Gasteiger partial charge in [0.15, 0.2) is 6.29 Å². The average Bonchev–Trinajstić information content (AvgIpc) is 2.41. The number of esters is 1. The van der Waals surface area contributed by atoms with Gasteiger partial charge in [0.1, 0.15) is 11.3 Å². The molecule has 0 bridgehead atoms. The van der Waals surface area contributed by atoms with Crippen molar-refractivity contribution in [2.45, 2.75) is 20.8 Å². The Hall–Kier alpha value is -1.95. The summed E-state index contributed by atoms with van der Waals surface area (Å²) in [6.07, 6.45) is 0.567. The Balaban J connectivity index is 0.000000956. The van der Waals surface area contributed by atoms with Gasteiger partial charge in [-0.25, -0.2) is 4.79 Å². The molecule has 6 heteroatoms. The van der Waals surface area contributed by atoms with Crippen LogP contribution < -0.4 is 10.4 Å². The Labute approximate surface area is 123 Å². The number of carbonyl (C=O) groups is 2. The quantitative estimate of drug-likeness (QED) is 0.363. The number of fused-ring (bicyclic) bond motifs is 1. The first-order chi connectivity index (χ1) is 9.51. The van der Waals surface area contributed by atoms with E-state index in [0.29, 0.717) is 16.1 Å². The van der Waals surface area contributed by atoms with Crippen LogP contribution in [0.15, 0.2) is 31.9 Å². The third-order valence-corrected chi connectivity index (χ3v) is 2.83. The fourth-order valence-electron chi connectivity index (χ4n) is 1.52. The van der Waals surface area contributed by atoms with E-state index in [2.05, 4.69) is 15.9 Å². The van der Waals surface area contributed by atoms with Crippen molar-refractivity contribution >= 4 is 39.2 Å². The van der Waals surface area contributed by atoms with Crippen LogP contribution in [-0.2, 0) is 4.79 Å². The van der Waals surface area contributed by atoms with Gasteiger partial charge in [0.2, 0.25) is 0 Å². The van der Waals surface area contributed by atoms with Crippen LogP contribution in [0.4, 0.5) is 0 Å². The standard InChI is InChI=1S/C12H7BrO5.C2H6/c1-6(15)17-11-4-10-8(3-9(11)13)7(5-14)2-12(16)18-10;1-2/h2-5H,1H3;1-2H3. The molecule has 0 amide bonds. The lowest BCUT2D eigenvalue weighted by Gasteiger charge is -2.06. The molecule has 2 aromatic rings. The van der Waals surface area contributed by atoms with E-state index < -0.39 is 11.6 Å². The molecular weight excluding hydrogens is 328 g/mol. The summed E-state index contributed by atoms with van der Waals surface area (Å²) < 4.78 is 10.4. The van der Waals surface area contributed by atoms with Crippen molar-refractivity contribution in [1.82, 2.24) is 0 Å². The first-order valence-corrected chi connectivity index (χ1v) is 6.71. The van der Waals surface area contributed by atoms with Crippen LogP contribution in [0.25, 0.3) is 11.0 Å². The molecule has 0 N–H and O–H groups in total. The monoisotopic (exact) mass is 340 g/mol. The van der Waals surface area contributed by atoms with Crippen molar-refractivity contribution in [1.29, 1.82) is 0 Å². The number of halogens is 1. The summed E-state index contributed by atoms with van der Waals surface area (Å²) in [5, 5.41) is 0.465. The van der Waals surface area contributed by atoms with E-state index in [1.807, 2.05) is 13.8 Å². The van der Waals surface area contributed by atoms with Crippen LogP contribution in [0.3, 0.4) is 0 Å². The second-order valence-corrected chi connectivity index (χ2v) is 4.37. The molecule has 0 radical (unpaired) electrons. The van der Waals surface area contributed by atoms with Gasteiger partial charge >= 0.3 is 11.6 Å². The molecule has 0 saturated heterocycles. The van der Waals surface area contributed by atoms with Gasteiger partial charge in [-0.2, -0.15) is 0 Å². The first-order valence-electron chi connectivity index (χ1n) is 5.92. The molecule has 1 aromatic heterocycles. The molecule has 0 unspecified atom stereocenters.